The molecule has 1 amide bonds. The van der Waals surface area contributed by atoms with Gasteiger partial charge in [-0.15, -0.1) is 0 Å². The van der Waals surface area contributed by atoms with E-state index in [9.17, 15) is 14.7 Å². The van der Waals surface area contributed by atoms with Gasteiger partial charge in [0.05, 0.1) is 18.4 Å². The monoisotopic (exact) mass is 496 g/mol. The average Bonchev–Trinajstić information content (AvgIpc) is 3.51. The normalized spacial score (nSPS) is 13.1. The highest BCUT2D eigenvalue weighted by atomic mass is 35.5. The number of nitrogens with zero attached hydrogens (tertiary/aromatic N) is 5. The molecule has 3 heterocycles. The number of aromatic hydroxyl groups is 1. The zero-order valence-corrected chi connectivity index (χ0v) is 20.4. The third kappa shape index (κ3) is 4.69. The van der Waals surface area contributed by atoms with Gasteiger partial charge in [-0.3, -0.25) is 18.8 Å². The summed E-state index contributed by atoms with van der Waals surface area (Å²) in [5, 5.41) is 21.6. The molecule has 11 heteroatoms. The number of nitrogens with one attached hydrogen (secondary N) is 1. The maximum atomic E-state index is 12.9. The lowest BCUT2D eigenvalue weighted by atomic mass is 9.93. The summed E-state index contributed by atoms with van der Waals surface area (Å²) in [6.07, 6.45) is 6.24. The van der Waals surface area contributed by atoms with Crippen LogP contribution in [0.25, 0.3) is 0 Å². The number of hydrogen-bond acceptors (Lipinski definition) is 7. The van der Waals surface area contributed by atoms with Crippen LogP contribution in [-0.4, -0.2) is 35.5 Å². The van der Waals surface area contributed by atoms with Gasteiger partial charge in [0.2, 0.25) is 5.75 Å². The molecule has 0 radical (unpaired) electrons. The van der Waals surface area contributed by atoms with E-state index in [-0.39, 0.29) is 17.4 Å². The van der Waals surface area contributed by atoms with Gasteiger partial charge >= 0.3 is 0 Å². The van der Waals surface area contributed by atoms with Crippen molar-refractivity contribution < 1.29 is 14.4 Å². The molecule has 2 atom stereocenters. The number of amides is 1. The van der Waals surface area contributed by atoms with E-state index in [0.29, 0.717) is 5.02 Å². The van der Waals surface area contributed by atoms with Crippen molar-refractivity contribution in [2.45, 2.75) is 38.6 Å². The van der Waals surface area contributed by atoms with Crippen LogP contribution in [0.5, 0.6) is 5.75 Å². The molecule has 0 aliphatic heterocycles. The van der Waals surface area contributed by atoms with Crippen LogP contribution in [-0.2, 0) is 7.05 Å². The van der Waals surface area contributed by atoms with Crippen LogP contribution in [0.4, 0.5) is 5.69 Å². The van der Waals surface area contributed by atoms with Gasteiger partial charge in [-0.25, -0.2) is 4.98 Å². The number of carbonyl (C=O) groups excluding carboxylic acids is 1. The van der Waals surface area contributed by atoms with E-state index < -0.39 is 34.9 Å². The van der Waals surface area contributed by atoms with E-state index in [1.54, 1.807) is 16.9 Å². The molecule has 1 aromatic carbocycles. The molecule has 4 aromatic rings. The molecule has 3 aromatic heterocycles. The van der Waals surface area contributed by atoms with Crippen molar-refractivity contribution in [3.05, 3.63) is 87.1 Å². The van der Waals surface area contributed by atoms with Crippen LogP contribution in [0.2, 0.25) is 5.02 Å². The average molecular weight is 497 g/mol. The molecule has 0 saturated carbocycles. The van der Waals surface area contributed by atoms with E-state index in [0.717, 1.165) is 11.1 Å². The Balaban J connectivity index is 1.84. The first-order chi connectivity index (χ1) is 16.7. The maximum absolute atomic E-state index is 12.9. The molecule has 2 N–H and O–H groups in total. The fourth-order valence-electron chi connectivity index (χ4n) is 3.93. The van der Waals surface area contributed by atoms with Gasteiger partial charge in [-0.2, -0.15) is 5.10 Å². The number of aromatic nitrogens is 5. The van der Waals surface area contributed by atoms with Crippen LogP contribution in [0.1, 0.15) is 66.1 Å². The lowest BCUT2D eigenvalue weighted by molar-refractivity contribution is 0.101. The predicted molar refractivity (Wildman–Crippen MR) is 130 cm³/mol. The van der Waals surface area contributed by atoms with Gasteiger partial charge in [0.15, 0.2) is 5.69 Å². The largest absolute Gasteiger partial charge is 0.501 e. The Morgan fingerprint density at radius 1 is 1.20 bits per heavy atom. The van der Waals surface area contributed by atoms with Gasteiger partial charge in [0.25, 0.3) is 11.5 Å². The molecule has 0 bridgehead atoms. The standard InChI is InChI=1S/C24H25ClN6O4/c1-13(2)15-9-26-31(11-15)20(17-7-5-6-8-18(17)25)14(3)22-29-19(21(32)24(34)30(22)4)23(33)28-16-10-27-35-12-16/h5-14,20,32H,1-4H3,(H,28,33)/t14-,20-/m1/s1. The lowest BCUT2D eigenvalue weighted by Gasteiger charge is -2.27. The molecule has 0 saturated heterocycles. The van der Waals surface area contributed by atoms with Crippen LogP contribution >= 0.6 is 11.6 Å². The molecule has 0 unspecified atom stereocenters. The van der Waals surface area contributed by atoms with Crippen LogP contribution in [0.15, 0.2) is 58.4 Å². The van der Waals surface area contributed by atoms with E-state index in [4.69, 9.17) is 16.1 Å². The Bertz CT molecular complexity index is 1410. The van der Waals surface area contributed by atoms with Gasteiger partial charge in [0.1, 0.15) is 17.8 Å². The number of hydrogen-bond donors (Lipinski definition) is 2. The molecule has 182 valence electrons. The number of rotatable bonds is 7. The number of benzene rings is 1. The van der Waals surface area contributed by atoms with Gasteiger partial charge < -0.3 is 14.9 Å². The lowest BCUT2D eigenvalue weighted by Crippen LogP contribution is -2.30. The Kier molecular flexibility index (Phi) is 6.74. The Labute approximate surface area is 206 Å². The van der Waals surface area contributed by atoms with Crippen molar-refractivity contribution in [3.63, 3.8) is 0 Å². The number of anilines is 1. The van der Waals surface area contributed by atoms with Gasteiger partial charge in [-0.05, 0) is 23.1 Å². The first kappa shape index (κ1) is 24.2. The molecule has 0 aliphatic carbocycles. The minimum atomic E-state index is -0.771. The maximum Gasteiger partial charge on any atom is 0.296 e. The third-order valence-corrected chi connectivity index (χ3v) is 6.23. The summed E-state index contributed by atoms with van der Waals surface area (Å²) >= 11 is 6.58. The summed E-state index contributed by atoms with van der Waals surface area (Å²) in [5.41, 5.74) is 0.919. The smallest absolute Gasteiger partial charge is 0.296 e. The minimum absolute atomic E-state index is 0.259. The first-order valence-corrected chi connectivity index (χ1v) is 11.4. The summed E-state index contributed by atoms with van der Waals surface area (Å²) in [4.78, 5) is 30.1. The van der Waals surface area contributed by atoms with E-state index in [1.165, 1.54) is 24.1 Å². The SMILES string of the molecule is CC(C)c1cnn([C@@H](c2ccccc2Cl)[C@@H](C)c2nc(C(=O)Nc3cnoc3)c(O)c(=O)n2C)c1. The van der Waals surface area contributed by atoms with Gasteiger partial charge in [0, 0.05) is 24.2 Å². The highest BCUT2D eigenvalue weighted by Gasteiger charge is 2.31. The summed E-state index contributed by atoms with van der Waals surface area (Å²) < 4.78 is 7.73. The fraction of sp³-hybridized carbons (Fsp3) is 0.292. The second-order valence-electron chi connectivity index (χ2n) is 8.56. The zero-order valence-electron chi connectivity index (χ0n) is 19.6. The summed E-state index contributed by atoms with van der Waals surface area (Å²) in [5.74, 6) is -1.47. The molecule has 0 fully saturated rings. The Morgan fingerprint density at radius 3 is 2.57 bits per heavy atom. The van der Waals surface area contributed by atoms with Gasteiger partial charge in [-0.1, -0.05) is 55.7 Å². The molecule has 0 aliphatic rings. The topological polar surface area (TPSA) is 128 Å². The summed E-state index contributed by atoms with van der Waals surface area (Å²) in [6, 6.07) is 6.92. The van der Waals surface area contributed by atoms with Crippen LogP contribution in [0.3, 0.4) is 0 Å². The number of halogens is 1. The van der Waals surface area contributed by atoms with Crippen molar-refractivity contribution in [2.24, 2.45) is 7.05 Å². The number of carbonyl (C=O) groups is 1. The second-order valence-corrected chi connectivity index (χ2v) is 8.97. The highest BCUT2D eigenvalue weighted by molar-refractivity contribution is 6.31. The first-order valence-electron chi connectivity index (χ1n) is 11.0. The molecule has 4 rings (SSSR count). The van der Waals surface area contributed by atoms with Crippen molar-refractivity contribution in [2.75, 3.05) is 5.32 Å². The Morgan fingerprint density at radius 2 is 1.94 bits per heavy atom. The molecular formula is C24H25ClN6O4. The van der Waals surface area contributed by atoms with Crippen LogP contribution < -0.4 is 10.9 Å². The molecule has 10 nitrogen and oxygen atoms in total. The van der Waals surface area contributed by atoms with E-state index >= 15 is 0 Å². The minimum Gasteiger partial charge on any atom is -0.501 e. The quantitative estimate of drug-likeness (QED) is 0.394. The van der Waals surface area contributed by atoms with E-state index in [1.807, 2.05) is 31.3 Å². The third-order valence-electron chi connectivity index (χ3n) is 5.88. The van der Waals surface area contributed by atoms with Crippen molar-refractivity contribution in [1.82, 2.24) is 24.5 Å². The second kappa shape index (κ2) is 9.75. The van der Waals surface area contributed by atoms with Crippen molar-refractivity contribution in [1.29, 1.82) is 0 Å². The van der Waals surface area contributed by atoms with Crippen LogP contribution in [0, 0.1) is 0 Å². The summed E-state index contributed by atoms with van der Waals surface area (Å²) in [7, 11) is 1.49. The predicted octanol–water partition coefficient (Wildman–Crippen LogP) is 4.09. The van der Waals surface area contributed by atoms with E-state index in [2.05, 4.69) is 34.4 Å². The fourth-order valence-corrected chi connectivity index (χ4v) is 4.18. The molecule has 0 spiro atoms. The summed E-state index contributed by atoms with van der Waals surface area (Å²) in [6.45, 7) is 6.01. The van der Waals surface area contributed by atoms with Crippen molar-refractivity contribution in [3.8, 4) is 5.75 Å². The van der Waals surface area contributed by atoms with Crippen molar-refractivity contribution >= 4 is 23.2 Å². The highest BCUT2D eigenvalue weighted by Crippen LogP contribution is 2.37. The Hall–Kier alpha value is -3.92. The molecule has 35 heavy (non-hydrogen) atoms. The molecular weight excluding hydrogens is 472 g/mol. The zero-order chi connectivity index (χ0) is 25.3.